The highest BCUT2D eigenvalue weighted by molar-refractivity contribution is 6.42. The standard InChI is InChI=1S/C18H19ClN6O2/c1-11(24-16(21)4-5-20)23-9-15(19)17(22)12-2-3-13-10-25(6-7-26)18(27)14(13)8-12/h2-5,7-9H,1,6,10,20,22H2,(H2,21,24)/b5-4?,17-15+,23-9?. The number of benzene rings is 1. The lowest BCUT2D eigenvalue weighted by atomic mass is 10.0. The third-order valence-corrected chi connectivity index (χ3v) is 4.01. The second-order valence-corrected chi connectivity index (χ2v) is 5.96. The van der Waals surface area contributed by atoms with Crippen molar-refractivity contribution in [1.82, 2.24) is 4.90 Å². The molecule has 1 aromatic rings. The molecule has 0 spiro atoms. The molecule has 1 aromatic carbocycles. The first-order chi connectivity index (χ1) is 12.9. The minimum absolute atomic E-state index is 0.0483. The van der Waals surface area contributed by atoms with Crippen LogP contribution in [0.4, 0.5) is 0 Å². The highest BCUT2D eigenvalue weighted by Gasteiger charge is 2.27. The molecule has 2 rings (SSSR count). The van der Waals surface area contributed by atoms with Crippen LogP contribution in [0.15, 0.2) is 57.9 Å². The fourth-order valence-corrected chi connectivity index (χ4v) is 2.58. The van der Waals surface area contributed by atoms with Gasteiger partial charge in [-0.1, -0.05) is 30.3 Å². The van der Waals surface area contributed by atoms with Crippen LogP contribution in [-0.4, -0.2) is 35.7 Å². The summed E-state index contributed by atoms with van der Waals surface area (Å²) >= 11 is 6.18. The predicted octanol–water partition coefficient (Wildman–Crippen LogP) is 1.08. The van der Waals surface area contributed by atoms with Gasteiger partial charge in [0.15, 0.2) is 0 Å². The number of amidine groups is 1. The first-order valence-corrected chi connectivity index (χ1v) is 8.22. The minimum atomic E-state index is -0.220. The van der Waals surface area contributed by atoms with Gasteiger partial charge < -0.3 is 26.9 Å². The van der Waals surface area contributed by atoms with Crippen LogP contribution in [0.2, 0.25) is 0 Å². The van der Waals surface area contributed by atoms with Gasteiger partial charge in [0, 0.05) is 12.1 Å². The number of allylic oxidation sites excluding steroid dienone is 1. The van der Waals surface area contributed by atoms with Crippen molar-refractivity contribution < 1.29 is 9.59 Å². The molecule has 1 heterocycles. The molecule has 9 heteroatoms. The van der Waals surface area contributed by atoms with Crippen LogP contribution in [0.5, 0.6) is 0 Å². The number of nitrogens with zero attached hydrogens (tertiary/aromatic N) is 3. The monoisotopic (exact) mass is 386 g/mol. The number of aliphatic imine (C=N–C) groups is 2. The first-order valence-electron chi connectivity index (χ1n) is 7.84. The Morgan fingerprint density at radius 1 is 1.37 bits per heavy atom. The van der Waals surface area contributed by atoms with Crippen molar-refractivity contribution in [2.24, 2.45) is 27.2 Å². The predicted molar refractivity (Wildman–Crippen MR) is 107 cm³/mol. The first kappa shape index (κ1) is 19.9. The topological polar surface area (TPSA) is 140 Å². The molecule has 1 aliphatic rings. The fraction of sp³-hybridized carbons (Fsp3) is 0.111. The summed E-state index contributed by atoms with van der Waals surface area (Å²) in [5, 5.41) is 0.148. The molecule has 140 valence electrons. The molecule has 6 N–H and O–H groups in total. The largest absolute Gasteiger partial charge is 0.404 e. The van der Waals surface area contributed by atoms with Crippen molar-refractivity contribution in [2.45, 2.75) is 6.54 Å². The van der Waals surface area contributed by atoms with Gasteiger partial charge in [-0.05, 0) is 29.5 Å². The third-order valence-electron chi connectivity index (χ3n) is 3.70. The SMILES string of the molecule is C=C(N=C/C(Cl)=C(\N)c1ccc2c(c1)C(=O)N(CC=O)C2)N=C(N)C=CN. The number of halogens is 1. The van der Waals surface area contributed by atoms with Crippen molar-refractivity contribution in [2.75, 3.05) is 6.54 Å². The normalized spacial score (nSPS) is 15.4. The van der Waals surface area contributed by atoms with Gasteiger partial charge in [-0.3, -0.25) is 4.79 Å². The number of carbonyl (C=O) groups excluding carboxylic acids is 2. The van der Waals surface area contributed by atoms with E-state index >= 15 is 0 Å². The smallest absolute Gasteiger partial charge is 0.254 e. The summed E-state index contributed by atoms with van der Waals surface area (Å²) in [6.45, 7) is 4.06. The molecule has 0 fully saturated rings. The van der Waals surface area contributed by atoms with Crippen LogP contribution in [0.3, 0.4) is 0 Å². The number of amides is 1. The van der Waals surface area contributed by atoms with Crippen LogP contribution < -0.4 is 17.2 Å². The van der Waals surface area contributed by atoms with Crippen LogP contribution in [0.1, 0.15) is 21.5 Å². The van der Waals surface area contributed by atoms with Crippen LogP contribution >= 0.6 is 11.6 Å². The highest BCUT2D eigenvalue weighted by atomic mass is 35.5. The number of fused-ring (bicyclic) bond motifs is 1. The van der Waals surface area contributed by atoms with Crippen molar-refractivity contribution in [3.05, 3.63) is 64.6 Å². The molecule has 8 nitrogen and oxygen atoms in total. The molecule has 0 aromatic heterocycles. The molecule has 1 aliphatic heterocycles. The molecule has 0 unspecified atom stereocenters. The van der Waals surface area contributed by atoms with Crippen molar-refractivity contribution in [1.29, 1.82) is 0 Å². The van der Waals surface area contributed by atoms with Gasteiger partial charge >= 0.3 is 0 Å². The van der Waals surface area contributed by atoms with E-state index in [1.54, 1.807) is 18.2 Å². The maximum Gasteiger partial charge on any atom is 0.254 e. The maximum atomic E-state index is 12.3. The molecule has 0 bridgehead atoms. The zero-order valence-corrected chi connectivity index (χ0v) is 15.2. The molecule has 0 saturated heterocycles. The summed E-state index contributed by atoms with van der Waals surface area (Å²) in [5.74, 6) is 0.0395. The average molecular weight is 387 g/mol. The lowest BCUT2D eigenvalue weighted by Crippen LogP contribution is -2.25. The summed E-state index contributed by atoms with van der Waals surface area (Å²) < 4.78 is 0. The van der Waals surface area contributed by atoms with Gasteiger partial charge in [-0.15, -0.1) is 0 Å². The summed E-state index contributed by atoms with van der Waals surface area (Å²) in [6, 6.07) is 5.18. The van der Waals surface area contributed by atoms with Gasteiger partial charge in [0.2, 0.25) is 0 Å². The van der Waals surface area contributed by atoms with Crippen LogP contribution in [0, 0.1) is 0 Å². The Kier molecular flexibility index (Phi) is 6.51. The van der Waals surface area contributed by atoms with E-state index in [0.29, 0.717) is 24.0 Å². The summed E-state index contributed by atoms with van der Waals surface area (Å²) in [4.78, 5) is 32.3. The van der Waals surface area contributed by atoms with Gasteiger partial charge in [0.25, 0.3) is 5.91 Å². The Morgan fingerprint density at radius 3 is 2.78 bits per heavy atom. The lowest BCUT2D eigenvalue weighted by Gasteiger charge is -2.10. The minimum Gasteiger partial charge on any atom is -0.404 e. The van der Waals surface area contributed by atoms with Gasteiger partial charge in [-0.2, -0.15) is 0 Å². The van der Waals surface area contributed by atoms with Crippen LogP contribution in [0.25, 0.3) is 5.70 Å². The molecule has 0 aliphatic carbocycles. The van der Waals surface area contributed by atoms with Crippen molar-refractivity contribution in [3.8, 4) is 0 Å². The molecule has 0 radical (unpaired) electrons. The summed E-state index contributed by atoms with van der Waals surface area (Å²) in [6.07, 6.45) is 4.61. The van der Waals surface area contributed by atoms with E-state index in [1.165, 1.54) is 23.4 Å². The van der Waals surface area contributed by atoms with E-state index < -0.39 is 0 Å². The van der Waals surface area contributed by atoms with E-state index in [2.05, 4.69) is 16.6 Å². The fourth-order valence-electron chi connectivity index (χ4n) is 2.42. The second kappa shape index (κ2) is 8.81. The Balaban J connectivity index is 2.22. The zero-order chi connectivity index (χ0) is 20.0. The van der Waals surface area contributed by atoms with E-state index in [-0.39, 0.29) is 34.8 Å². The number of aldehydes is 1. The molecule has 1 amide bonds. The van der Waals surface area contributed by atoms with Crippen LogP contribution in [-0.2, 0) is 11.3 Å². The van der Waals surface area contributed by atoms with Crippen molar-refractivity contribution in [3.63, 3.8) is 0 Å². The number of rotatable bonds is 7. The zero-order valence-electron chi connectivity index (χ0n) is 14.4. The molecule has 0 saturated carbocycles. The summed E-state index contributed by atoms with van der Waals surface area (Å²) in [7, 11) is 0. The number of carbonyl (C=O) groups is 2. The molecular formula is C18H19ClN6O2. The maximum absolute atomic E-state index is 12.3. The van der Waals surface area contributed by atoms with E-state index in [0.717, 1.165) is 5.56 Å². The summed E-state index contributed by atoms with van der Waals surface area (Å²) in [5.41, 5.74) is 18.9. The Morgan fingerprint density at radius 2 is 2.11 bits per heavy atom. The van der Waals surface area contributed by atoms with E-state index in [9.17, 15) is 9.59 Å². The van der Waals surface area contributed by atoms with E-state index in [1.807, 2.05) is 0 Å². The van der Waals surface area contributed by atoms with Gasteiger partial charge in [-0.25, -0.2) is 9.98 Å². The quantitative estimate of drug-likeness (QED) is 0.365. The van der Waals surface area contributed by atoms with Gasteiger partial charge in [0.05, 0.1) is 23.5 Å². The van der Waals surface area contributed by atoms with Crippen molar-refractivity contribution >= 4 is 41.5 Å². The molecule has 0 atom stereocenters. The highest BCUT2D eigenvalue weighted by Crippen LogP contribution is 2.26. The molecule has 27 heavy (non-hydrogen) atoms. The Labute approximate surface area is 161 Å². The number of hydrogen-bond donors (Lipinski definition) is 3. The lowest BCUT2D eigenvalue weighted by molar-refractivity contribution is -0.108. The Hall–Kier alpha value is -3.39. The Bertz CT molecular complexity index is 901. The van der Waals surface area contributed by atoms with E-state index in [4.69, 9.17) is 28.8 Å². The second-order valence-electron chi connectivity index (χ2n) is 5.56. The molecular weight excluding hydrogens is 368 g/mol. The average Bonchev–Trinajstić information content (AvgIpc) is 2.95. The number of nitrogens with two attached hydrogens (primary N) is 3. The van der Waals surface area contributed by atoms with Gasteiger partial charge in [0.1, 0.15) is 17.9 Å². The third kappa shape index (κ3) is 4.83. The number of hydrogen-bond acceptors (Lipinski definition) is 6.